The first-order valence-electron chi connectivity index (χ1n) is 7.62. The summed E-state index contributed by atoms with van der Waals surface area (Å²) < 4.78 is 24.0. The monoisotopic (exact) mass is 409 g/mol. The molecule has 0 aliphatic carbocycles. The fourth-order valence-corrected chi connectivity index (χ4v) is 2.14. The molecule has 25 heavy (non-hydrogen) atoms. The Kier molecular flexibility index (Phi) is 7.40. The van der Waals surface area contributed by atoms with Crippen LogP contribution in [0.4, 0.5) is 4.39 Å². The minimum absolute atomic E-state index is 0.175. The molecule has 0 spiro atoms. The second-order valence-corrected chi connectivity index (χ2v) is 5.98. The predicted octanol–water partition coefficient (Wildman–Crippen LogP) is 3.33. The summed E-state index contributed by atoms with van der Waals surface area (Å²) in [6.45, 7) is 0.312. The van der Waals surface area contributed by atoms with Crippen LogP contribution in [0.15, 0.2) is 53.0 Å². The van der Waals surface area contributed by atoms with E-state index in [1.807, 2.05) is 0 Å². The quantitative estimate of drug-likeness (QED) is 0.536. The van der Waals surface area contributed by atoms with Gasteiger partial charge in [0.25, 0.3) is 5.91 Å². The van der Waals surface area contributed by atoms with Crippen LogP contribution in [0.25, 0.3) is 0 Å². The van der Waals surface area contributed by atoms with Gasteiger partial charge in [0, 0.05) is 16.5 Å². The van der Waals surface area contributed by atoms with Gasteiger partial charge < -0.3 is 14.8 Å². The maximum atomic E-state index is 12.7. The molecule has 0 aliphatic heterocycles. The van der Waals surface area contributed by atoms with Crippen LogP contribution < -0.4 is 10.1 Å². The van der Waals surface area contributed by atoms with Gasteiger partial charge in [0.05, 0.1) is 13.2 Å². The molecule has 0 heterocycles. The molecule has 132 valence electrons. The fraction of sp³-hybridized carbons (Fsp3) is 0.222. The van der Waals surface area contributed by atoms with Crippen molar-refractivity contribution in [1.82, 2.24) is 5.32 Å². The maximum Gasteiger partial charge on any atom is 0.325 e. The average molecular weight is 410 g/mol. The highest BCUT2D eigenvalue weighted by Gasteiger charge is 2.08. The van der Waals surface area contributed by atoms with Crippen molar-refractivity contribution < 1.29 is 23.5 Å². The summed E-state index contributed by atoms with van der Waals surface area (Å²) in [7, 11) is 0. The van der Waals surface area contributed by atoms with Gasteiger partial charge >= 0.3 is 5.97 Å². The molecule has 0 aromatic heterocycles. The number of carbonyl (C=O) groups is 2. The highest BCUT2D eigenvalue weighted by Crippen LogP contribution is 2.11. The summed E-state index contributed by atoms with van der Waals surface area (Å²) in [5.41, 5.74) is 0.462. The second-order valence-electron chi connectivity index (χ2n) is 5.07. The van der Waals surface area contributed by atoms with Gasteiger partial charge in [-0.25, -0.2) is 4.39 Å². The maximum absolute atomic E-state index is 12.7. The molecule has 2 aromatic carbocycles. The Bertz CT molecular complexity index is 704. The Morgan fingerprint density at radius 1 is 1.00 bits per heavy atom. The first-order valence-corrected chi connectivity index (χ1v) is 8.41. The molecule has 0 unspecified atom stereocenters. The summed E-state index contributed by atoms with van der Waals surface area (Å²) in [6, 6.07) is 12.5. The van der Waals surface area contributed by atoms with Gasteiger partial charge in [-0.1, -0.05) is 15.9 Å². The zero-order valence-corrected chi connectivity index (χ0v) is 14.9. The van der Waals surface area contributed by atoms with E-state index in [4.69, 9.17) is 9.47 Å². The number of ether oxygens (including phenoxy) is 2. The van der Waals surface area contributed by atoms with Crippen LogP contribution in [-0.2, 0) is 9.53 Å². The predicted molar refractivity (Wildman–Crippen MR) is 93.9 cm³/mol. The summed E-state index contributed by atoms with van der Waals surface area (Å²) in [5, 5.41) is 2.49. The number of hydrogen-bond donors (Lipinski definition) is 1. The molecular formula is C18H17BrFNO4. The Hall–Kier alpha value is -2.41. The molecule has 2 aromatic rings. The van der Waals surface area contributed by atoms with Crippen LogP contribution in [0.2, 0.25) is 0 Å². The number of rotatable bonds is 8. The van der Waals surface area contributed by atoms with Gasteiger partial charge in [-0.15, -0.1) is 0 Å². The van der Waals surface area contributed by atoms with Crippen molar-refractivity contribution in [2.24, 2.45) is 0 Å². The van der Waals surface area contributed by atoms with Crippen molar-refractivity contribution in [2.45, 2.75) is 6.42 Å². The summed E-state index contributed by atoms with van der Waals surface area (Å²) in [4.78, 5) is 23.4. The summed E-state index contributed by atoms with van der Waals surface area (Å²) in [5.74, 6) is -0.641. The lowest BCUT2D eigenvalue weighted by atomic mass is 10.2. The third-order valence-electron chi connectivity index (χ3n) is 3.13. The average Bonchev–Trinajstić information content (AvgIpc) is 2.61. The van der Waals surface area contributed by atoms with E-state index in [1.54, 1.807) is 24.3 Å². The van der Waals surface area contributed by atoms with E-state index in [-0.39, 0.29) is 24.9 Å². The fourth-order valence-electron chi connectivity index (χ4n) is 1.87. The van der Waals surface area contributed by atoms with Crippen molar-refractivity contribution in [3.05, 3.63) is 64.4 Å². The largest absolute Gasteiger partial charge is 0.493 e. The molecule has 0 radical (unpaired) electrons. The molecule has 1 N–H and O–H groups in total. The van der Waals surface area contributed by atoms with Crippen LogP contribution in [0, 0.1) is 5.82 Å². The van der Waals surface area contributed by atoms with Crippen LogP contribution >= 0.6 is 15.9 Å². The van der Waals surface area contributed by atoms with E-state index in [9.17, 15) is 14.0 Å². The van der Waals surface area contributed by atoms with Crippen molar-refractivity contribution >= 4 is 27.8 Å². The number of amides is 1. The number of carbonyl (C=O) groups excluding carboxylic acids is 2. The van der Waals surface area contributed by atoms with Crippen LogP contribution in [0.1, 0.15) is 16.8 Å². The molecule has 0 fully saturated rings. The van der Waals surface area contributed by atoms with Crippen molar-refractivity contribution in [1.29, 1.82) is 0 Å². The molecular weight excluding hydrogens is 393 g/mol. The minimum Gasteiger partial charge on any atom is -0.493 e. The number of nitrogens with one attached hydrogen (secondary N) is 1. The van der Waals surface area contributed by atoms with E-state index in [2.05, 4.69) is 21.2 Å². The summed E-state index contributed by atoms with van der Waals surface area (Å²) >= 11 is 3.28. The van der Waals surface area contributed by atoms with Crippen molar-refractivity contribution in [2.75, 3.05) is 19.8 Å². The van der Waals surface area contributed by atoms with Gasteiger partial charge in [0.1, 0.15) is 18.1 Å². The van der Waals surface area contributed by atoms with Gasteiger partial charge in [-0.05, 0) is 48.5 Å². The van der Waals surface area contributed by atoms with E-state index in [0.717, 1.165) is 4.47 Å². The molecule has 0 bridgehead atoms. The first-order chi connectivity index (χ1) is 12.0. The normalized spacial score (nSPS) is 10.2. The molecule has 5 nitrogen and oxygen atoms in total. The number of esters is 1. The third kappa shape index (κ3) is 6.93. The third-order valence-corrected chi connectivity index (χ3v) is 3.66. The highest BCUT2D eigenvalue weighted by atomic mass is 79.9. The smallest absolute Gasteiger partial charge is 0.325 e. The minimum atomic E-state index is -0.521. The van der Waals surface area contributed by atoms with E-state index in [1.165, 1.54) is 24.3 Å². The Morgan fingerprint density at radius 3 is 2.36 bits per heavy atom. The molecule has 7 heteroatoms. The molecule has 0 saturated carbocycles. The molecule has 1 amide bonds. The molecule has 0 saturated heterocycles. The highest BCUT2D eigenvalue weighted by molar-refractivity contribution is 9.10. The molecule has 2 rings (SSSR count). The zero-order valence-electron chi connectivity index (χ0n) is 13.3. The van der Waals surface area contributed by atoms with Gasteiger partial charge in [-0.3, -0.25) is 9.59 Å². The second kappa shape index (κ2) is 9.78. The Labute approximate surface area is 153 Å². The first kappa shape index (κ1) is 18.9. The SMILES string of the molecule is O=C(CNC(=O)c1ccc(Br)cc1)OCCCOc1ccc(F)cc1. The standard InChI is InChI=1S/C18H17BrFNO4/c19-14-4-2-13(3-5-14)18(23)21-12-17(22)25-11-1-10-24-16-8-6-15(20)7-9-16/h2-9H,1,10-12H2,(H,21,23). The van der Waals surface area contributed by atoms with E-state index in [0.29, 0.717) is 24.3 Å². The van der Waals surface area contributed by atoms with Crippen LogP contribution in [0.5, 0.6) is 5.75 Å². The number of hydrogen-bond acceptors (Lipinski definition) is 4. The van der Waals surface area contributed by atoms with Gasteiger partial charge in [0.15, 0.2) is 0 Å². The Morgan fingerprint density at radius 2 is 1.68 bits per heavy atom. The van der Waals surface area contributed by atoms with Crippen LogP contribution in [-0.4, -0.2) is 31.6 Å². The van der Waals surface area contributed by atoms with Gasteiger partial charge in [-0.2, -0.15) is 0 Å². The molecule has 0 aliphatic rings. The molecule has 0 atom stereocenters. The topological polar surface area (TPSA) is 64.6 Å². The lowest BCUT2D eigenvalue weighted by Gasteiger charge is -2.08. The summed E-state index contributed by atoms with van der Waals surface area (Å²) in [6.07, 6.45) is 0.490. The number of halogens is 2. The van der Waals surface area contributed by atoms with Crippen molar-refractivity contribution in [3.8, 4) is 5.75 Å². The van der Waals surface area contributed by atoms with Crippen LogP contribution in [0.3, 0.4) is 0 Å². The van der Waals surface area contributed by atoms with Crippen molar-refractivity contribution in [3.63, 3.8) is 0 Å². The lowest BCUT2D eigenvalue weighted by Crippen LogP contribution is -2.30. The zero-order chi connectivity index (χ0) is 18.1. The van der Waals surface area contributed by atoms with Gasteiger partial charge in [0.2, 0.25) is 0 Å². The lowest BCUT2D eigenvalue weighted by molar-refractivity contribution is -0.142. The van der Waals surface area contributed by atoms with E-state index >= 15 is 0 Å². The number of benzene rings is 2. The Balaban J connectivity index is 1.58. The van der Waals surface area contributed by atoms with E-state index < -0.39 is 5.97 Å².